The number of aromatic nitrogens is 2. The second-order valence-electron chi connectivity index (χ2n) is 7.05. The number of aromatic amines is 1. The summed E-state index contributed by atoms with van der Waals surface area (Å²) in [6.07, 6.45) is 2.72. The molecule has 7 nitrogen and oxygen atoms in total. The Morgan fingerprint density at radius 2 is 1.93 bits per heavy atom. The van der Waals surface area contributed by atoms with E-state index in [1.807, 2.05) is 25.1 Å². The van der Waals surface area contributed by atoms with Crippen LogP contribution in [0.4, 0.5) is 0 Å². The molecular formula is C21H31ClN4O3. The third kappa shape index (κ3) is 5.64. The molecule has 1 unspecified atom stereocenters. The highest BCUT2D eigenvalue weighted by Crippen LogP contribution is 2.31. The van der Waals surface area contributed by atoms with Crippen LogP contribution in [0.1, 0.15) is 67.0 Å². The molecule has 29 heavy (non-hydrogen) atoms. The lowest BCUT2D eigenvalue weighted by Gasteiger charge is -2.18. The molecule has 1 atom stereocenters. The van der Waals surface area contributed by atoms with E-state index in [0.717, 1.165) is 54.1 Å². The fourth-order valence-electron chi connectivity index (χ4n) is 3.21. The van der Waals surface area contributed by atoms with Crippen molar-refractivity contribution in [1.29, 1.82) is 0 Å². The molecule has 0 saturated carbocycles. The van der Waals surface area contributed by atoms with Crippen LogP contribution in [-0.2, 0) is 13.0 Å². The topological polar surface area (TPSA) is 88.3 Å². The largest absolute Gasteiger partial charge is 0.490 e. The first kappa shape index (κ1) is 23.0. The molecule has 0 spiro atoms. The lowest BCUT2D eigenvalue weighted by molar-refractivity contribution is 0.0933. The number of fused-ring (bicyclic) bond motifs is 1. The van der Waals surface area contributed by atoms with Gasteiger partial charge < -0.3 is 20.1 Å². The molecule has 3 N–H and O–H groups in total. The predicted octanol–water partition coefficient (Wildman–Crippen LogP) is 3.55. The number of ether oxygens (including phenoxy) is 2. The van der Waals surface area contributed by atoms with Gasteiger partial charge in [-0.2, -0.15) is 5.10 Å². The van der Waals surface area contributed by atoms with Crippen LogP contribution in [-0.4, -0.2) is 35.9 Å². The molecule has 0 radical (unpaired) electrons. The number of nitrogens with zero attached hydrogens (tertiary/aromatic N) is 1. The zero-order valence-electron chi connectivity index (χ0n) is 17.3. The van der Waals surface area contributed by atoms with Gasteiger partial charge in [0.1, 0.15) is 0 Å². The molecule has 1 amide bonds. The molecule has 1 aromatic heterocycles. The number of carbonyl (C=O) groups excluding carboxylic acids is 1. The van der Waals surface area contributed by atoms with Crippen molar-refractivity contribution in [3.8, 4) is 11.5 Å². The van der Waals surface area contributed by atoms with Gasteiger partial charge in [0.05, 0.1) is 19.3 Å². The maximum Gasteiger partial charge on any atom is 0.272 e. The lowest BCUT2D eigenvalue weighted by Crippen LogP contribution is -2.30. The Balaban J connectivity index is 0.00000300. The second kappa shape index (κ2) is 11.1. The lowest BCUT2D eigenvalue weighted by atomic mass is 10.1. The Hall–Kier alpha value is -2.25. The summed E-state index contributed by atoms with van der Waals surface area (Å²) in [5, 5.41) is 13.6. The number of hydrogen-bond acceptors (Lipinski definition) is 5. The number of rotatable bonds is 9. The number of carbonyl (C=O) groups is 1. The number of amides is 1. The number of halogens is 1. The average molecular weight is 423 g/mol. The molecule has 1 aliphatic heterocycles. The van der Waals surface area contributed by atoms with Gasteiger partial charge in [0, 0.05) is 30.8 Å². The highest BCUT2D eigenvalue weighted by Gasteiger charge is 2.23. The van der Waals surface area contributed by atoms with E-state index in [2.05, 4.69) is 34.7 Å². The zero-order chi connectivity index (χ0) is 19.9. The van der Waals surface area contributed by atoms with Gasteiger partial charge in [-0.15, -0.1) is 12.4 Å². The van der Waals surface area contributed by atoms with E-state index in [-0.39, 0.29) is 24.4 Å². The molecular weight excluding hydrogens is 392 g/mol. The Labute approximate surface area is 178 Å². The Kier molecular flexibility index (Phi) is 8.79. The SMILES string of the molecule is CCCOc1ccc(C(C)NC(=O)c2n[nH]c3c2CNCC3)cc1OCCC.Cl. The first-order valence-electron chi connectivity index (χ1n) is 10.1. The van der Waals surface area contributed by atoms with Crippen molar-refractivity contribution in [2.24, 2.45) is 0 Å². The van der Waals surface area contributed by atoms with Gasteiger partial charge in [0.15, 0.2) is 17.2 Å². The van der Waals surface area contributed by atoms with Crippen molar-refractivity contribution in [1.82, 2.24) is 20.8 Å². The third-order valence-electron chi connectivity index (χ3n) is 4.76. The summed E-state index contributed by atoms with van der Waals surface area (Å²) in [6.45, 7) is 8.94. The number of nitrogens with one attached hydrogen (secondary N) is 3. The van der Waals surface area contributed by atoms with Crippen molar-refractivity contribution in [2.75, 3.05) is 19.8 Å². The van der Waals surface area contributed by atoms with E-state index in [1.54, 1.807) is 0 Å². The summed E-state index contributed by atoms with van der Waals surface area (Å²) in [5.41, 5.74) is 3.45. The Morgan fingerprint density at radius 1 is 1.21 bits per heavy atom. The fraction of sp³-hybridized carbons (Fsp3) is 0.524. The van der Waals surface area contributed by atoms with E-state index < -0.39 is 0 Å². The van der Waals surface area contributed by atoms with Gasteiger partial charge in [-0.3, -0.25) is 9.89 Å². The van der Waals surface area contributed by atoms with E-state index in [1.165, 1.54) is 0 Å². The minimum atomic E-state index is -0.180. The minimum absolute atomic E-state index is 0. The third-order valence-corrected chi connectivity index (χ3v) is 4.76. The van der Waals surface area contributed by atoms with Crippen molar-refractivity contribution < 1.29 is 14.3 Å². The van der Waals surface area contributed by atoms with Crippen molar-refractivity contribution in [3.05, 3.63) is 40.7 Å². The summed E-state index contributed by atoms with van der Waals surface area (Å²) in [6, 6.07) is 5.66. The van der Waals surface area contributed by atoms with Crippen molar-refractivity contribution in [2.45, 2.75) is 52.6 Å². The normalized spacial score (nSPS) is 13.8. The summed E-state index contributed by atoms with van der Waals surface area (Å²) < 4.78 is 11.6. The van der Waals surface area contributed by atoms with Crippen LogP contribution in [0.25, 0.3) is 0 Å². The number of H-pyrrole nitrogens is 1. The van der Waals surface area contributed by atoms with Crippen LogP contribution in [0.3, 0.4) is 0 Å². The molecule has 0 aliphatic carbocycles. The van der Waals surface area contributed by atoms with Gasteiger partial charge >= 0.3 is 0 Å². The van der Waals surface area contributed by atoms with E-state index in [9.17, 15) is 4.79 Å². The van der Waals surface area contributed by atoms with Crippen LogP contribution >= 0.6 is 12.4 Å². The van der Waals surface area contributed by atoms with E-state index in [4.69, 9.17) is 9.47 Å². The van der Waals surface area contributed by atoms with Crippen LogP contribution in [0.5, 0.6) is 11.5 Å². The first-order chi connectivity index (χ1) is 13.6. The standard InChI is InChI=1S/C21H30N4O3.ClH/c1-4-10-27-18-7-6-15(12-19(18)28-11-5-2)14(3)23-21(26)20-16-13-22-9-8-17(16)24-25-20;/h6-7,12,14,22H,4-5,8-11,13H2,1-3H3,(H,23,26)(H,24,25);1H. The second-order valence-corrected chi connectivity index (χ2v) is 7.05. The molecule has 0 bridgehead atoms. The molecule has 1 aliphatic rings. The van der Waals surface area contributed by atoms with Gasteiger partial charge in [-0.05, 0) is 37.5 Å². The predicted molar refractivity (Wildman–Crippen MR) is 115 cm³/mol. The molecule has 0 fully saturated rings. The van der Waals surface area contributed by atoms with Gasteiger partial charge in [-0.25, -0.2) is 0 Å². The highest BCUT2D eigenvalue weighted by atomic mass is 35.5. The van der Waals surface area contributed by atoms with Crippen LogP contribution in [0.2, 0.25) is 0 Å². The monoisotopic (exact) mass is 422 g/mol. The molecule has 2 aromatic rings. The smallest absolute Gasteiger partial charge is 0.272 e. The summed E-state index contributed by atoms with van der Waals surface area (Å²) in [4.78, 5) is 12.7. The van der Waals surface area contributed by atoms with Crippen LogP contribution < -0.4 is 20.1 Å². The van der Waals surface area contributed by atoms with E-state index in [0.29, 0.717) is 25.5 Å². The highest BCUT2D eigenvalue weighted by molar-refractivity contribution is 5.94. The number of benzene rings is 1. The Morgan fingerprint density at radius 3 is 2.66 bits per heavy atom. The van der Waals surface area contributed by atoms with Crippen molar-refractivity contribution >= 4 is 18.3 Å². The minimum Gasteiger partial charge on any atom is -0.490 e. The number of hydrogen-bond donors (Lipinski definition) is 3. The molecule has 0 saturated heterocycles. The maximum absolute atomic E-state index is 12.7. The van der Waals surface area contributed by atoms with Crippen LogP contribution in [0.15, 0.2) is 18.2 Å². The molecule has 3 rings (SSSR count). The summed E-state index contributed by atoms with van der Waals surface area (Å²) in [7, 11) is 0. The first-order valence-corrected chi connectivity index (χ1v) is 10.1. The van der Waals surface area contributed by atoms with Gasteiger partial charge in [-0.1, -0.05) is 19.9 Å². The average Bonchev–Trinajstić information content (AvgIpc) is 3.15. The van der Waals surface area contributed by atoms with E-state index >= 15 is 0 Å². The zero-order valence-corrected chi connectivity index (χ0v) is 18.2. The summed E-state index contributed by atoms with van der Waals surface area (Å²) >= 11 is 0. The quantitative estimate of drug-likeness (QED) is 0.575. The van der Waals surface area contributed by atoms with Gasteiger partial charge in [0.25, 0.3) is 5.91 Å². The fourth-order valence-corrected chi connectivity index (χ4v) is 3.21. The molecule has 1 aromatic carbocycles. The molecule has 160 valence electrons. The summed E-state index contributed by atoms with van der Waals surface area (Å²) in [5.74, 6) is 1.29. The Bertz CT molecular complexity index is 809. The van der Waals surface area contributed by atoms with Crippen LogP contribution in [0, 0.1) is 0 Å². The van der Waals surface area contributed by atoms with Gasteiger partial charge in [0.2, 0.25) is 0 Å². The van der Waals surface area contributed by atoms with Crippen molar-refractivity contribution in [3.63, 3.8) is 0 Å². The maximum atomic E-state index is 12.7. The molecule has 2 heterocycles. The molecule has 8 heteroatoms.